The van der Waals surface area contributed by atoms with Crippen LogP contribution < -0.4 is 5.32 Å². The van der Waals surface area contributed by atoms with Crippen molar-refractivity contribution in [1.29, 1.82) is 0 Å². The highest BCUT2D eigenvalue weighted by Gasteiger charge is 2.29. The maximum Gasteiger partial charge on any atom is 0.330 e. The lowest BCUT2D eigenvalue weighted by atomic mass is 10.1. The molecule has 1 aromatic carbocycles. The van der Waals surface area contributed by atoms with Crippen LogP contribution in [0, 0.1) is 0 Å². The standard InChI is InChI=1S/C19H16N4O3S/c1-2-14(24)23-8-12-13(9-23)27-18-15(12)17(20-10-21-18)22-16(19(25)26)11-6-4-3-5-7-11/h2-7,10,16H,1,8-9H2,(H,25,26)(H,20,21,22). The largest absolute Gasteiger partial charge is 0.479 e. The summed E-state index contributed by atoms with van der Waals surface area (Å²) < 4.78 is 0. The molecule has 1 unspecified atom stereocenters. The number of aromatic nitrogens is 2. The highest BCUT2D eigenvalue weighted by atomic mass is 32.1. The Morgan fingerprint density at radius 3 is 2.74 bits per heavy atom. The van der Waals surface area contributed by atoms with Gasteiger partial charge < -0.3 is 15.3 Å². The minimum absolute atomic E-state index is 0.134. The Balaban J connectivity index is 1.74. The molecule has 0 spiro atoms. The van der Waals surface area contributed by atoms with Crippen molar-refractivity contribution in [3.63, 3.8) is 0 Å². The third-order valence-corrected chi connectivity index (χ3v) is 5.63. The molecule has 7 nitrogen and oxygen atoms in total. The van der Waals surface area contributed by atoms with Gasteiger partial charge in [0.2, 0.25) is 5.91 Å². The van der Waals surface area contributed by atoms with E-state index in [0.29, 0.717) is 24.5 Å². The van der Waals surface area contributed by atoms with Gasteiger partial charge in [-0.3, -0.25) is 4.79 Å². The summed E-state index contributed by atoms with van der Waals surface area (Å²) in [5.74, 6) is -0.671. The van der Waals surface area contributed by atoms with Gasteiger partial charge in [-0.05, 0) is 11.6 Å². The average Bonchev–Trinajstić information content (AvgIpc) is 3.24. The van der Waals surface area contributed by atoms with E-state index in [9.17, 15) is 14.7 Å². The number of fused-ring (bicyclic) bond motifs is 3. The number of hydrogen-bond acceptors (Lipinski definition) is 6. The highest BCUT2D eigenvalue weighted by molar-refractivity contribution is 7.19. The lowest BCUT2D eigenvalue weighted by Crippen LogP contribution is -2.23. The molecule has 0 aliphatic carbocycles. The Hall–Kier alpha value is -3.26. The van der Waals surface area contributed by atoms with Crippen LogP contribution in [0.25, 0.3) is 10.2 Å². The second-order valence-corrected chi connectivity index (χ2v) is 7.21. The number of rotatable bonds is 5. The van der Waals surface area contributed by atoms with Gasteiger partial charge in [0.05, 0.1) is 11.9 Å². The highest BCUT2D eigenvalue weighted by Crippen LogP contribution is 2.40. The molecule has 2 aromatic heterocycles. The Kier molecular flexibility index (Phi) is 4.33. The number of anilines is 1. The van der Waals surface area contributed by atoms with Gasteiger partial charge >= 0.3 is 5.97 Å². The van der Waals surface area contributed by atoms with Gasteiger partial charge in [-0.25, -0.2) is 14.8 Å². The zero-order valence-electron chi connectivity index (χ0n) is 14.3. The van der Waals surface area contributed by atoms with Crippen LogP contribution in [0.5, 0.6) is 0 Å². The molecular formula is C19H16N4O3S. The van der Waals surface area contributed by atoms with E-state index < -0.39 is 12.0 Å². The fraction of sp³-hybridized carbons (Fsp3) is 0.158. The van der Waals surface area contributed by atoms with Crippen molar-refractivity contribution in [3.05, 3.63) is 65.3 Å². The zero-order valence-corrected chi connectivity index (χ0v) is 15.1. The molecule has 2 N–H and O–H groups in total. The number of thiophene rings is 1. The van der Waals surface area contributed by atoms with E-state index in [0.717, 1.165) is 20.7 Å². The van der Waals surface area contributed by atoms with Gasteiger partial charge in [0, 0.05) is 17.0 Å². The van der Waals surface area contributed by atoms with Gasteiger partial charge in [-0.1, -0.05) is 36.9 Å². The lowest BCUT2D eigenvalue weighted by molar-refractivity contribution is -0.138. The van der Waals surface area contributed by atoms with Crippen molar-refractivity contribution in [2.75, 3.05) is 5.32 Å². The number of hydrogen-bond donors (Lipinski definition) is 2. The van der Waals surface area contributed by atoms with E-state index in [4.69, 9.17) is 0 Å². The molecule has 0 saturated heterocycles. The molecule has 0 fully saturated rings. The van der Waals surface area contributed by atoms with Gasteiger partial charge in [-0.15, -0.1) is 11.3 Å². The summed E-state index contributed by atoms with van der Waals surface area (Å²) in [5, 5.41) is 13.5. The molecule has 136 valence electrons. The summed E-state index contributed by atoms with van der Waals surface area (Å²) in [6.45, 7) is 4.47. The molecule has 0 saturated carbocycles. The molecular weight excluding hydrogens is 364 g/mol. The van der Waals surface area contributed by atoms with E-state index in [2.05, 4.69) is 21.9 Å². The average molecular weight is 380 g/mol. The summed E-state index contributed by atoms with van der Waals surface area (Å²) in [4.78, 5) is 35.9. The summed E-state index contributed by atoms with van der Waals surface area (Å²) in [5.41, 5.74) is 1.59. The second-order valence-electron chi connectivity index (χ2n) is 6.13. The molecule has 1 amide bonds. The topological polar surface area (TPSA) is 95.4 Å². The van der Waals surface area contributed by atoms with Gasteiger partial charge in [-0.2, -0.15) is 0 Å². The summed E-state index contributed by atoms with van der Waals surface area (Å²) >= 11 is 1.50. The van der Waals surface area contributed by atoms with Crippen LogP contribution in [-0.4, -0.2) is 31.9 Å². The molecule has 1 atom stereocenters. The predicted octanol–water partition coefficient (Wildman–Crippen LogP) is 2.96. The van der Waals surface area contributed by atoms with E-state index in [-0.39, 0.29) is 5.91 Å². The van der Waals surface area contributed by atoms with Crippen LogP contribution in [0.15, 0.2) is 49.3 Å². The lowest BCUT2D eigenvalue weighted by Gasteiger charge is -2.17. The first-order valence-electron chi connectivity index (χ1n) is 8.29. The van der Waals surface area contributed by atoms with Crippen molar-refractivity contribution < 1.29 is 14.7 Å². The Morgan fingerprint density at radius 2 is 2.04 bits per heavy atom. The van der Waals surface area contributed by atoms with Gasteiger partial charge in [0.15, 0.2) is 6.04 Å². The van der Waals surface area contributed by atoms with Crippen LogP contribution in [0.2, 0.25) is 0 Å². The molecule has 1 aliphatic rings. The summed E-state index contributed by atoms with van der Waals surface area (Å²) in [6.07, 6.45) is 2.72. The molecule has 3 aromatic rings. The Morgan fingerprint density at radius 1 is 1.26 bits per heavy atom. The van der Waals surface area contributed by atoms with E-state index in [1.54, 1.807) is 29.2 Å². The number of benzene rings is 1. The third-order valence-electron chi connectivity index (χ3n) is 4.50. The number of aliphatic carboxylic acids is 1. The Bertz CT molecular complexity index is 1050. The maximum atomic E-state index is 11.9. The SMILES string of the molecule is C=CC(=O)N1Cc2sc3ncnc(NC(C(=O)O)c4ccccc4)c3c2C1. The van der Waals surface area contributed by atoms with Crippen molar-refractivity contribution in [3.8, 4) is 0 Å². The Labute approximate surface area is 159 Å². The quantitative estimate of drug-likeness (QED) is 0.661. The predicted molar refractivity (Wildman–Crippen MR) is 102 cm³/mol. The molecule has 0 bridgehead atoms. The third kappa shape index (κ3) is 3.04. The van der Waals surface area contributed by atoms with E-state index in [1.165, 1.54) is 23.7 Å². The monoisotopic (exact) mass is 380 g/mol. The fourth-order valence-corrected chi connectivity index (χ4v) is 4.38. The van der Waals surface area contributed by atoms with Gasteiger partial charge in [0.1, 0.15) is 17.0 Å². The summed E-state index contributed by atoms with van der Waals surface area (Å²) in [6, 6.07) is 8.00. The van der Waals surface area contributed by atoms with Gasteiger partial charge in [0.25, 0.3) is 0 Å². The van der Waals surface area contributed by atoms with Crippen molar-refractivity contribution in [2.45, 2.75) is 19.1 Å². The number of carboxylic acids is 1. The smallest absolute Gasteiger partial charge is 0.330 e. The number of carboxylic acid groups (broad SMARTS) is 1. The first-order chi connectivity index (χ1) is 13.1. The molecule has 1 aliphatic heterocycles. The van der Waals surface area contributed by atoms with Crippen LogP contribution in [0.4, 0.5) is 5.82 Å². The maximum absolute atomic E-state index is 11.9. The first-order valence-corrected chi connectivity index (χ1v) is 9.11. The van der Waals surface area contributed by atoms with Crippen molar-refractivity contribution >= 4 is 39.2 Å². The molecule has 0 radical (unpaired) electrons. The minimum Gasteiger partial charge on any atom is -0.479 e. The van der Waals surface area contributed by atoms with Crippen molar-refractivity contribution in [2.24, 2.45) is 0 Å². The molecule has 27 heavy (non-hydrogen) atoms. The first kappa shape index (κ1) is 17.2. The minimum atomic E-state index is -0.997. The van der Waals surface area contributed by atoms with Crippen LogP contribution >= 0.6 is 11.3 Å². The van der Waals surface area contributed by atoms with Crippen molar-refractivity contribution in [1.82, 2.24) is 14.9 Å². The normalized spacial score (nSPS) is 14.0. The summed E-state index contributed by atoms with van der Waals surface area (Å²) in [7, 11) is 0. The van der Waals surface area contributed by atoms with Crippen LogP contribution in [0.1, 0.15) is 22.0 Å². The fourth-order valence-electron chi connectivity index (χ4n) is 3.22. The number of carbonyl (C=O) groups is 2. The number of nitrogens with one attached hydrogen (secondary N) is 1. The number of carbonyl (C=O) groups excluding carboxylic acids is 1. The van der Waals surface area contributed by atoms with Crippen LogP contribution in [-0.2, 0) is 22.7 Å². The number of nitrogens with zero attached hydrogens (tertiary/aromatic N) is 3. The number of amides is 1. The zero-order chi connectivity index (χ0) is 19.0. The van der Waals surface area contributed by atoms with Crippen LogP contribution in [0.3, 0.4) is 0 Å². The molecule has 8 heteroatoms. The molecule has 4 rings (SSSR count). The van der Waals surface area contributed by atoms with E-state index in [1.807, 2.05) is 6.07 Å². The second kappa shape index (κ2) is 6.81. The molecule has 3 heterocycles. The van der Waals surface area contributed by atoms with E-state index >= 15 is 0 Å².